The van der Waals surface area contributed by atoms with E-state index in [1.807, 2.05) is 6.92 Å². The second-order valence-electron chi connectivity index (χ2n) is 5.57. The molecule has 6 nitrogen and oxygen atoms in total. The van der Waals surface area contributed by atoms with Gasteiger partial charge in [-0.15, -0.1) is 0 Å². The molecular weight excluding hydrogens is 258 g/mol. The van der Waals surface area contributed by atoms with Gasteiger partial charge in [0, 0.05) is 25.2 Å². The molecule has 2 rings (SSSR count). The van der Waals surface area contributed by atoms with Crippen LogP contribution in [0.3, 0.4) is 0 Å². The molecule has 1 atom stereocenters. The number of rotatable bonds is 5. The summed E-state index contributed by atoms with van der Waals surface area (Å²) in [5.74, 6) is 0.640. The molecule has 0 bridgehead atoms. The van der Waals surface area contributed by atoms with E-state index in [1.54, 1.807) is 18.0 Å². The van der Waals surface area contributed by atoms with Gasteiger partial charge in [-0.05, 0) is 20.8 Å². The van der Waals surface area contributed by atoms with Gasteiger partial charge in [0.2, 0.25) is 0 Å². The molecule has 2 heterocycles. The molecule has 0 aliphatic carbocycles. The summed E-state index contributed by atoms with van der Waals surface area (Å²) in [5.41, 5.74) is 0.343. The van der Waals surface area contributed by atoms with Crippen molar-refractivity contribution < 1.29 is 14.6 Å². The Kier molecular flexibility index (Phi) is 4.67. The predicted molar refractivity (Wildman–Crippen MR) is 75.9 cm³/mol. The van der Waals surface area contributed by atoms with E-state index in [4.69, 9.17) is 9.47 Å². The van der Waals surface area contributed by atoms with Crippen LogP contribution in [0, 0.1) is 0 Å². The molecule has 20 heavy (non-hydrogen) atoms. The molecule has 0 radical (unpaired) electrons. The van der Waals surface area contributed by atoms with E-state index in [9.17, 15) is 5.11 Å². The number of aliphatic hydroxyl groups is 1. The molecule has 0 aromatic carbocycles. The van der Waals surface area contributed by atoms with Gasteiger partial charge in [-0.2, -0.15) is 5.10 Å². The fourth-order valence-electron chi connectivity index (χ4n) is 2.71. The molecule has 1 aromatic rings. The van der Waals surface area contributed by atoms with E-state index >= 15 is 0 Å². The Balaban J connectivity index is 2.28. The van der Waals surface area contributed by atoms with Crippen molar-refractivity contribution in [3.8, 4) is 5.75 Å². The topological polar surface area (TPSA) is 59.8 Å². The maximum absolute atomic E-state index is 10.9. The minimum absolute atomic E-state index is 0.399. The monoisotopic (exact) mass is 283 g/mol. The first-order valence-corrected chi connectivity index (χ1v) is 7.13. The molecule has 1 fully saturated rings. The Morgan fingerprint density at radius 1 is 1.45 bits per heavy atom. The Morgan fingerprint density at radius 3 is 2.65 bits per heavy atom. The van der Waals surface area contributed by atoms with Crippen molar-refractivity contribution in [2.45, 2.75) is 39.0 Å². The molecular formula is C14H25N3O3. The van der Waals surface area contributed by atoms with E-state index < -0.39 is 11.6 Å². The van der Waals surface area contributed by atoms with Crippen molar-refractivity contribution in [1.82, 2.24) is 14.7 Å². The van der Waals surface area contributed by atoms with E-state index in [0.29, 0.717) is 25.5 Å². The van der Waals surface area contributed by atoms with Crippen molar-refractivity contribution in [2.75, 3.05) is 33.4 Å². The van der Waals surface area contributed by atoms with Crippen LogP contribution in [-0.4, -0.2) is 58.7 Å². The molecule has 0 amide bonds. The third-order valence-electron chi connectivity index (χ3n) is 4.12. The summed E-state index contributed by atoms with van der Waals surface area (Å²) in [6.45, 7) is 9.88. The van der Waals surface area contributed by atoms with Gasteiger partial charge >= 0.3 is 0 Å². The molecule has 1 aromatic heterocycles. The normalized spacial score (nSPS) is 19.1. The number of methoxy groups -OCH3 is 1. The van der Waals surface area contributed by atoms with E-state index in [2.05, 4.69) is 23.8 Å². The Morgan fingerprint density at radius 2 is 2.10 bits per heavy atom. The maximum atomic E-state index is 10.9. The molecule has 1 saturated heterocycles. The van der Waals surface area contributed by atoms with Crippen LogP contribution >= 0.6 is 0 Å². The lowest BCUT2D eigenvalue weighted by Crippen LogP contribution is -2.53. The van der Waals surface area contributed by atoms with Gasteiger partial charge in [0.15, 0.2) is 5.75 Å². The molecule has 6 heteroatoms. The van der Waals surface area contributed by atoms with Crippen LogP contribution in [0.1, 0.15) is 32.6 Å². The SMILES string of the molecule is CCn1ncc(OC)c1C(O)C(C)(C)N1CCOCC1. The van der Waals surface area contributed by atoms with Gasteiger partial charge in [0.05, 0.1) is 26.5 Å². The van der Waals surface area contributed by atoms with Gasteiger partial charge in [-0.25, -0.2) is 0 Å². The average Bonchev–Trinajstić information content (AvgIpc) is 2.90. The third kappa shape index (κ3) is 2.68. The van der Waals surface area contributed by atoms with Crippen LogP contribution in [-0.2, 0) is 11.3 Å². The number of nitrogens with zero attached hydrogens (tertiary/aromatic N) is 3. The summed E-state index contributed by atoms with van der Waals surface area (Å²) >= 11 is 0. The lowest BCUT2D eigenvalue weighted by atomic mass is 9.91. The standard InChI is InChI=1S/C14H25N3O3/c1-5-17-12(11(19-4)10-15-17)13(18)14(2,3)16-6-8-20-9-7-16/h10,13,18H,5-9H2,1-4H3. The number of hydrogen-bond donors (Lipinski definition) is 1. The van der Waals surface area contributed by atoms with Crippen LogP contribution < -0.4 is 4.74 Å². The van der Waals surface area contributed by atoms with Gasteiger partial charge in [0.25, 0.3) is 0 Å². The summed E-state index contributed by atoms with van der Waals surface area (Å²) in [4.78, 5) is 2.26. The molecule has 1 aliphatic heterocycles. The molecule has 0 saturated carbocycles. The minimum Gasteiger partial charge on any atom is -0.493 e. The second-order valence-corrected chi connectivity index (χ2v) is 5.57. The van der Waals surface area contributed by atoms with Crippen LogP contribution in [0.15, 0.2) is 6.20 Å². The number of morpholine rings is 1. The van der Waals surface area contributed by atoms with Gasteiger partial charge in [0.1, 0.15) is 11.8 Å². The Bertz CT molecular complexity index is 417. The van der Waals surface area contributed by atoms with Crippen LogP contribution in [0.25, 0.3) is 0 Å². The zero-order valence-corrected chi connectivity index (χ0v) is 12.8. The summed E-state index contributed by atoms with van der Waals surface area (Å²) in [6.07, 6.45) is 0.996. The maximum Gasteiger partial charge on any atom is 0.162 e. The zero-order valence-electron chi connectivity index (χ0n) is 12.8. The zero-order chi connectivity index (χ0) is 14.8. The quantitative estimate of drug-likeness (QED) is 0.875. The highest BCUT2D eigenvalue weighted by Crippen LogP contribution is 2.36. The first kappa shape index (κ1) is 15.3. The van der Waals surface area contributed by atoms with Crippen molar-refractivity contribution in [2.24, 2.45) is 0 Å². The molecule has 114 valence electrons. The smallest absolute Gasteiger partial charge is 0.162 e. The van der Waals surface area contributed by atoms with E-state index in [-0.39, 0.29) is 0 Å². The van der Waals surface area contributed by atoms with Crippen molar-refractivity contribution >= 4 is 0 Å². The minimum atomic E-state index is -0.669. The molecule has 1 N–H and O–H groups in total. The second kappa shape index (κ2) is 6.11. The van der Waals surface area contributed by atoms with E-state index in [1.165, 1.54) is 0 Å². The predicted octanol–water partition coefficient (Wildman–Crippen LogP) is 1.06. The fourth-order valence-corrected chi connectivity index (χ4v) is 2.71. The molecule has 1 aliphatic rings. The number of hydrogen-bond acceptors (Lipinski definition) is 5. The summed E-state index contributed by atoms with van der Waals surface area (Å²) < 4.78 is 12.5. The Hall–Kier alpha value is -1.11. The van der Waals surface area contributed by atoms with E-state index in [0.717, 1.165) is 18.8 Å². The fraction of sp³-hybridized carbons (Fsp3) is 0.786. The van der Waals surface area contributed by atoms with Crippen molar-refractivity contribution in [1.29, 1.82) is 0 Å². The summed E-state index contributed by atoms with van der Waals surface area (Å²) in [5, 5.41) is 15.2. The van der Waals surface area contributed by atoms with Gasteiger partial charge in [-0.3, -0.25) is 9.58 Å². The van der Waals surface area contributed by atoms with Crippen LogP contribution in [0.2, 0.25) is 0 Å². The number of aliphatic hydroxyl groups excluding tert-OH is 1. The van der Waals surface area contributed by atoms with Gasteiger partial charge in [-0.1, -0.05) is 0 Å². The largest absolute Gasteiger partial charge is 0.493 e. The lowest BCUT2D eigenvalue weighted by Gasteiger charge is -2.43. The first-order chi connectivity index (χ1) is 9.52. The summed E-state index contributed by atoms with van der Waals surface area (Å²) in [6, 6.07) is 0. The van der Waals surface area contributed by atoms with Crippen molar-refractivity contribution in [3.63, 3.8) is 0 Å². The highest BCUT2D eigenvalue weighted by Gasteiger charge is 2.39. The highest BCUT2D eigenvalue weighted by atomic mass is 16.5. The molecule has 0 spiro atoms. The number of ether oxygens (including phenoxy) is 2. The highest BCUT2D eigenvalue weighted by molar-refractivity contribution is 5.29. The lowest BCUT2D eigenvalue weighted by molar-refractivity contribution is -0.0660. The number of aromatic nitrogens is 2. The van der Waals surface area contributed by atoms with Crippen molar-refractivity contribution in [3.05, 3.63) is 11.9 Å². The average molecular weight is 283 g/mol. The first-order valence-electron chi connectivity index (χ1n) is 7.13. The van der Waals surface area contributed by atoms with Crippen LogP contribution in [0.5, 0.6) is 5.75 Å². The summed E-state index contributed by atoms with van der Waals surface area (Å²) in [7, 11) is 1.61. The third-order valence-corrected chi connectivity index (χ3v) is 4.12. The van der Waals surface area contributed by atoms with Gasteiger partial charge < -0.3 is 14.6 Å². The molecule has 1 unspecified atom stereocenters. The van der Waals surface area contributed by atoms with Crippen LogP contribution in [0.4, 0.5) is 0 Å². The number of aryl methyl sites for hydroxylation is 1. The Labute approximate surface area is 120 Å².